The number of benzene rings is 1. The molecule has 5 heteroatoms. The Hall–Kier alpha value is -1.07. The first-order chi connectivity index (χ1) is 7.66. The quantitative estimate of drug-likeness (QED) is 0.621. The Morgan fingerprint density at radius 3 is 1.82 bits per heavy atom. The molecule has 0 heterocycles. The van der Waals surface area contributed by atoms with E-state index in [1.165, 1.54) is 12.1 Å². The SMILES string of the molecule is CC(C)(C)c1ccc(C(NN)C(F)(F)F)cc1. The summed E-state index contributed by atoms with van der Waals surface area (Å²) < 4.78 is 37.8. The lowest BCUT2D eigenvalue weighted by Gasteiger charge is -2.22. The highest BCUT2D eigenvalue weighted by atomic mass is 19.4. The molecule has 1 atom stereocenters. The number of alkyl halides is 3. The Balaban J connectivity index is 3.02. The second-order valence-corrected chi connectivity index (χ2v) is 5.01. The lowest BCUT2D eigenvalue weighted by atomic mass is 9.86. The number of hydrazine groups is 1. The molecule has 3 N–H and O–H groups in total. The molecule has 1 aromatic rings. The van der Waals surface area contributed by atoms with Gasteiger partial charge in [0.25, 0.3) is 0 Å². The molecule has 0 aliphatic heterocycles. The van der Waals surface area contributed by atoms with Gasteiger partial charge < -0.3 is 0 Å². The van der Waals surface area contributed by atoms with E-state index in [2.05, 4.69) is 0 Å². The first kappa shape index (κ1) is 14.0. The molecule has 17 heavy (non-hydrogen) atoms. The average molecular weight is 246 g/mol. The van der Waals surface area contributed by atoms with Crippen LogP contribution in [0.2, 0.25) is 0 Å². The van der Waals surface area contributed by atoms with Crippen LogP contribution in [-0.2, 0) is 5.41 Å². The zero-order chi connectivity index (χ0) is 13.3. The molecule has 0 amide bonds. The van der Waals surface area contributed by atoms with Crippen LogP contribution in [0.25, 0.3) is 0 Å². The van der Waals surface area contributed by atoms with Crippen LogP contribution in [0.3, 0.4) is 0 Å². The van der Waals surface area contributed by atoms with Gasteiger partial charge in [0, 0.05) is 0 Å². The molecule has 0 fully saturated rings. The summed E-state index contributed by atoms with van der Waals surface area (Å²) in [5.41, 5.74) is 2.81. The molecule has 96 valence electrons. The van der Waals surface area contributed by atoms with Gasteiger partial charge in [-0.3, -0.25) is 5.84 Å². The minimum atomic E-state index is -4.39. The van der Waals surface area contributed by atoms with Crippen LogP contribution in [-0.4, -0.2) is 6.18 Å². The van der Waals surface area contributed by atoms with Crippen molar-refractivity contribution in [3.8, 4) is 0 Å². The first-order valence-corrected chi connectivity index (χ1v) is 5.29. The van der Waals surface area contributed by atoms with Gasteiger partial charge in [0.05, 0.1) is 0 Å². The van der Waals surface area contributed by atoms with E-state index >= 15 is 0 Å². The second kappa shape index (κ2) is 4.66. The Labute approximate surface area is 99.0 Å². The Morgan fingerprint density at radius 2 is 1.53 bits per heavy atom. The van der Waals surface area contributed by atoms with Crippen molar-refractivity contribution < 1.29 is 13.2 Å². The number of nitrogens with two attached hydrogens (primary N) is 1. The van der Waals surface area contributed by atoms with E-state index in [4.69, 9.17) is 5.84 Å². The van der Waals surface area contributed by atoms with E-state index in [0.29, 0.717) is 0 Å². The summed E-state index contributed by atoms with van der Waals surface area (Å²) in [6, 6.07) is 4.49. The fraction of sp³-hybridized carbons (Fsp3) is 0.500. The third-order valence-electron chi connectivity index (χ3n) is 2.60. The van der Waals surface area contributed by atoms with Crippen molar-refractivity contribution in [2.45, 2.75) is 38.4 Å². The van der Waals surface area contributed by atoms with Gasteiger partial charge in [-0.1, -0.05) is 45.0 Å². The lowest BCUT2D eigenvalue weighted by molar-refractivity contribution is -0.157. The predicted octanol–water partition coefficient (Wildman–Crippen LogP) is 3.05. The molecule has 0 aliphatic rings. The van der Waals surface area contributed by atoms with Gasteiger partial charge in [-0.05, 0) is 16.5 Å². The van der Waals surface area contributed by atoms with Crippen LogP contribution < -0.4 is 11.3 Å². The van der Waals surface area contributed by atoms with Crippen molar-refractivity contribution in [1.29, 1.82) is 0 Å². The van der Waals surface area contributed by atoms with Gasteiger partial charge >= 0.3 is 6.18 Å². The summed E-state index contributed by atoms with van der Waals surface area (Å²) in [7, 11) is 0. The summed E-state index contributed by atoms with van der Waals surface area (Å²) in [5, 5.41) is 0. The van der Waals surface area contributed by atoms with Gasteiger partial charge in [0.15, 0.2) is 0 Å². The molecular weight excluding hydrogens is 229 g/mol. The Bertz CT molecular complexity index is 363. The van der Waals surface area contributed by atoms with Crippen molar-refractivity contribution in [1.82, 2.24) is 5.43 Å². The number of halogens is 3. The van der Waals surface area contributed by atoms with Gasteiger partial charge in [0.1, 0.15) is 6.04 Å². The molecular formula is C12H17F3N2. The van der Waals surface area contributed by atoms with E-state index < -0.39 is 12.2 Å². The molecule has 1 unspecified atom stereocenters. The van der Waals surface area contributed by atoms with Crippen LogP contribution in [0, 0.1) is 0 Å². The maximum Gasteiger partial charge on any atom is 0.409 e. The topological polar surface area (TPSA) is 38.0 Å². The third kappa shape index (κ3) is 3.44. The number of nitrogens with one attached hydrogen (secondary N) is 1. The third-order valence-corrected chi connectivity index (χ3v) is 2.60. The number of hydrogen-bond donors (Lipinski definition) is 2. The van der Waals surface area contributed by atoms with Crippen LogP contribution in [0.5, 0.6) is 0 Å². The van der Waals surface area contributed by atoms with Crippen LogP contribution in [0.1, 0.15) is 37.9 Å². The summed E-state index contributed by atoms with van der Waals surface area (Å²) in [5.74, 6) is 4.94. The monoisotopic (exact) mass is 246 g/mol. The second-order valence-electron chi connectivity index (χ2n) is 5.01. The molecule has 0 aromatic heterocycles. The number of rotatable bonds is 2. The van der Waals surface area contributed by atoms with Gasteiger partial charge in [-0.15, -0.1) is 0 Å². The van der Waals surface area contributed by atoms with Crippen LogP contribution >= 0.6 is 0 Å². The smallest absolute Gasteiger partial charge is 0.271 e. The molecule has 0 spiro atoms. The standard InChI is InChI=1S/C12H17F3N2/c1-11(2,3)9-6-4-8(5-7-9)10(17-16)12(13,14)15/h4-7,10,17H,16H2,1-3H3. The minimum Gasteiger partial charge on any atom is -0.271 e. The van der Waals surface area contributed by atoms with Crippen molar-refractivity contribution in [3.63, 3.8) is 0 Å². The van der Waals surface area contributed by atoms with Crippen LogP contribution in [0.15, 0.2) is 24.3 Å². The number of hydrogen-bond acceptors (Lipinski definition) is 2. The van der Waals surface area contributed by atoms with Gasteiger partial charge in [-0.2, -0.15) is 13.2 Å². The normalized spacial score (nSPS) is 14.8. The van der Waals surface area contributed by atoms with E-state index in [9.17, 15) is 13.2 Å². The van der Waals surface area contributed by atoms with Crippen LogP contribution in [0.4, 0.5) is 13.2 Å². The summed E-state index contributed by atoms with van der Waals surface area (Å²) >= 11 is 0. The summed E-state index contributed by atoms with van der Waals surface area (Å²) in [6.45, 7) is 6.01. The van der Waals surface area contributed by atoms with Gasteiger partial charge in [0.2, 0.25) is 0 Å². The molecule has 0 bridgehead atoms. The fourth-order valence-corrected chi connectivity index (χ4v) is 1.56. The molecule has 0 aliphatic carbocycles. The fourth-order valence-electron chi connectivity index (χ4n) is 1.56. The molecule has 1 aromatic carbocycles. The largest absolute Gasteiger partial charge is 0.409 e. The maximum absolute atomic E-state index is 12.6. The predicted molar refractivity (Wildman–Crippen MR) is 61.3 cm³/mol. The summed E-state index contributed by atoms with van der Waals surface area (Å²) in [6.07, 6.45) is -4.39. The maximum atomic E-state index is 12.6. The summed E-state index contributed by atoms with van der Waals surface area (Å²) in [4.78, 5) is 0. The molecule has 2 nitrogen and oxygen atoms in total. The highest BCUT2D eigenvalue weighted by molar-refractivity contribution is 5.29. The molecule has 0 saturated heterocycles. The molecule has 1 rings (SSSR count). The van der Waals surface area contributed by atoms with E-state index in [1.54, 1.807) is 17.6 Å². The van der Waals surface area contributed by atoms with Crippen molar-refractivity contribution in [2.75, 3.05) is 0 Å². The van der Waals surface area contributed by atoms with Gasteiger partial charge in [-0.25, -0.2) is 5.43 Å². The van der Waals surface area contributed by atoms with E-state index in [-0.39, 0.29) is 11.0 Å². The molecule has 0 radical (unpaired) electrons. The Kier molecular flexibility index (Phi) is 3.84. The van der Waals surface area contributed by atoms with Crippen molar-refractivity contribution >= 4 is 0 Å². The highest BCUT2D eigenvalue weighted by Crippen LogP contribution is 2.33. The Morgan fingerprint density at radius 1 is 1.06 bits per heavy atom. The highest BCUT2D eigenvalue weighted by Gasteiger charge is 2.40. The first-order valence-electron chi connectivity index (χ1n) is 5.29. The minimum absolute atomic E-state index is 0.0810. The average Bonchev–Trinajstić information content (AvgIpc) is 2.16. The zero-order valence-electron chi connectivity index (χ0n) is 10.1. The van der Waals surface area contributed by atoms with E-state index in [1.807, 2.05) is 20.8 Å². The zero-order valence-corrected chi connectivity index (χ0v) is 10.1. The van der Waals surface area contributed by atoms with Crippen molar-refractivity contribution in [3.05, 3.63) is 35.4 Å². The molecule has 0 saturated carbocycles. The van der Waals surface area contributed by atoms with E-state index in [0.717, 1.165) is 5.56 Å². The van der Waals surface area contributed by atoms with Crippen molar-refractivity contribution in [2.24, 2.45) is 5.84 Å². The lowest BCUT2D eigenvalue weighted by Crippen LogP contribution is -2.38.